The second-order valence-electron chi connectivity index (χ2n) is 7.13. The van der Waals surface area contributed by atoms with Gasteiger partial charge in [-0.05, 0) is 44.9 Å². The number of benzene rings is 1. The average molecular weight is 374 g/mol. The summed E-state index contributed by atoms with van der Waals surface area (Å²) in [6, 6.07) is 6.44. The van der Waals surface area contributed by atoms with Crippen molar-refractivity contribution in [3.8, 4) is 0 Å². The van der Waals surface area contributed by atoms with Gasteiger partial charge in [-0.25, -0.2) is 4.79 Å². The van der Waals surface area contributed by atoms with Gasteiger partial charge in [0, 0.05) is 43.3 Å². The van der Waals surface area contributed by atoms with Gasteiger partial charge >= 0.3 is 6.03 Å². The number of nitrogens with one attached hydrogen (secondary N) is 3. The van der Waals surface area contributed by atoms with E-state index in [0.717, 1.165) is 25.9 Å². The van der Waals surface area contributed by atoms with Crippen molar-refractivity contribution in [2.75, 3.05) is 25.0 Å². The predicted molar refractivity (Wildman–Crippen MR) is 106 cm³/mol. The summed E-state index contributed by atoms with van der Waals surface area (Å²) in [6.07, 6.45) is 4.78. The number of likely N-dealkylation sites (tertiary alicyclic amines) is 1. The molecule has 7 heteroatoms. The third-order valence-corrected chi connectivity index (χ3v) is 4.39. The van der Waals surface area contributed by atoms with Crippen molar-refractivity contribution >= 4 is 23.5 Å². The second kappa shape index (κ2) is 10.5. The zero-order valence-electron chi connectivity index (χ0n) is 16.2. The van der Waals surface area contributed by atoms with Gasteiger partial charge in [-0.2, -0.15) is 0 Å². The average Bonchev–Trinajstić information content (AvgIpc) is 2.90. The maximum Gasteiger partial charge on any atom is 0.319 e. The molecule has 0 atom stereocenters. The molecule has 7 nitrogen and oxygen atoms in total. The van der Waals surface area contributed by atoms with Crippen LogP contribution in [0.1, 0.15) is 56.3 Å². The fourth-order valence-electron chi connectivity index (χ4n) is 3.03. The van der Waals surface area contributed by atoms with Gasteiger partial charge < -0.3 is 20.9 Å². The van der Waals surface area contributed by atoms with E-state index < -0.39 is 0 Å². The number of anilines is 1. The molecule has 0 unspecified atom stereocenters. The first kappa shape index (κ1) is 20.7. The molecule has 0 aliphatic carbocycles. The fourth-order valence-corrected chi connectivity index (χ4v) is 3.03. The third-order valence-electron chi connectivity index (χ3n) is 4.39. The van der Waals surface area contributed by atoms with Gasteiger partial charge in [0.25, 0.3) is 5.91 Å². The van der Waals surface area contributed by atoms with Gasteiger partial charge in [0.2, 0.25) is 5.91 Å². The number of rotatable bonds is 6. The lowest BCUT2D eigenvalue weighted by Crippen LogP contribution is -2.35. The zero-order valence-corrected chi connectivity index (χ0v) is 16.2. The molecule has 1 heterocycles. The van der Waals surface area contributed by atoms with E-state index in [1.54, 1.807) is 24.3 Å². The third kappa shape index (κ3) is 7.29. The molecule has 3 N–H and O–H groups in total. The number of nitrogens with zero attached hydrogens (tertiary/aromatic N) is 1. The summed E-state index contributed by atoms with van der Waals surface area (Å²) in [6.45, 7) is 5.68. The van der Waals surface area contributed by atoms with E-state index in [2.05, 4.69) is 16.0 Å². The molecule has 1 aliphatic heterocycles. The van der Waals surface area contributed by atoms with Crippen molar-refractivity contribution in [3.05, 3.63) is 29.8 Å². The summed E-state index contributed by atoms with van der Waals surface area (Å²) >= 11 is 0. The van der Waals surface area contributed by atoms with Crippen molar-refractivity contribution < 1.29 is 14.4 Å². The molecule has 148 valence electrons. The van der Waals surface area contributed by atoms with E-state index in [1.807, 2.05) is 18.7 Å². The van der Waals surface area contributed by atoms with Crippen molar-refractivity contribution in [2.24, 2.45) is 0 Å². The molecule has 0 spiro atoms. The normalized spacial score (nSPS) is 14.4. The molecule has 1 aliphatic rings. The SMILES string of the molecule is CC(C)NC(=O)Nc1cccc(C(=O)NCCC(=O)N2CCCCCC2)c1. The molecular formula is C20H30N4O3. The van der Waals surface area contributed by atoms with Crippen LogP contribution in [0.15, 0.2) is 24.3 Å². The molecule has 0 radical (unpaired) electrons. The van der Waals surface area contributed by atoms with E-state index >= 15 is 0 Å². The number of hydrogen-bond donors (Lipinski definition) is 3. The zero-order chi connectivity index (χ0) is 19.6. The minimum absolute atomic E-state index is 0.0261. The van der Waals surface area contributed by atoms with Crippen molar-refractivity contribution in [2.45, 2.75) is 52.0 Å². The van der Waals surface area contributed by atoms with E-state index in [4.69, 9.17) is 0 Å². The minimum atomic E-state index is -0.314. The van der Waals surface area contributed by atoms with Crippen molar-refractivity contribution in [3.63, 3.8) is 0 Å². The predicted octanol–water partition coefficient (Wildman–Crippen LogP) is 2.74. The molecule has 0 saturated carbocycles. The van der Waals surface area contributed by atoms with Crippen LogP contribution in [-0.2, 0) is 4.79 Å². The summed E-state index contributed by atoms with van der Waals surface area (Å²) in [5, 5.41) is 8.21. The van der Waals surface area contributed by atoms with Crippen LogP contribution in [-0.4, -0.2) is 48.4 Å². The lowest BCUT2D eigenvalue weighted by Gasteiger charge is -2.20. The lowest BCUT2D eigenvalue weighted by atomic mass is 10.2. The van der Waals surface area contributed by atoms with Crippen molar-refractivity contribution in [1.82, 2.24) is 15.5 Å². The highest BCUT2D eigenvalue weighted by molar-refractivity contribution is 5.97. The standard InChI is InChI=1S/C20H30N4O3/c1-15(2)22-20(27)23-17-9-7-8-16(14-17)19(26)21-11-10-18(25)24-12-5-3-4-6-13-24/h7-9,14-15H,3-6,10-13H2,1-2H3,(H,21,26)(H2,22,23,27). The Morgan fingerprint density at radius 2 is 1.78 bits per heavy atom. The van der Waals surface area contributed by atoms with E-state index in [0.29, 0.717) is 24.2 Å². The number of amides is 4. The topological polar surface area (TPSA) is 90.5 Å². The Kier molecular flexibility index (Phi) is 8.10. The largest absolute Gasteiger partial charge is 0.352 e. The Morgan fingerprint density at radius 3 is 2.44 bits per heavy atom. The van der Waals surface area contributed by atoms with Gasteiger partial charge in [0.05, 0.1) is 0 Å². The summed E-state index contributed by atoms with van der Waals surface area (Å²) in [4.78, 5) is 38.2. The van der Waals surface area contributed by atoms with E-state index in [9.17, 15) is 14.4 Å². The van der Waals surface area contributed by atoms with Gasteiger partial charge in [-0.15, -0.1) is 0 Å². The summed E-state index contributed by atoms with van der Waals surface area (Å²) in [5.41, 5.74) is 0.987. The van der Waals surface area contributed by atoms with Crippen LogP contribution in [0, 0.1) is 0 Å². The highest BCUT2D eigenvalue weighted by Crippen LogP contribution is 2.12. The maximum atomic E-state index is 12.3. The number of carbonyl (C=O) groups excluding carboxylic acids is 3. The number of carbonyl (C=O) groups is 3. The Morgan fingerprint density at radius 1 is 1.07 bits per heavy atom. The van der Waals surface area contributed by atoms with Crippen molar-refractivity contribution in [1.29, 1.82) is 0 Å². The summed E-state index contributed by atoms with van der Waals surface area (Å²) < 4.78 is 0. The van der Waals surface area contributed by atoms with Crippen LogP contribution < -0.4 is 16.0 Å². The Hall–Kier alpha value is -2.57. The van der Waals surface area contributed by atoms with Crippen LogP contribution in [0.2, 0.25) is 0 Å². The molecule has 0 bridgehead atoms. The smallest absolute Gasteiger partial charge is 0.319 e. The monoisotopic (exact) mass is 374 g/mol. The number of urea groups is 1. The maximum absolute atomic E-state index is 12.3. The van der Waals surface area contributed by atoms with Crippen LogP contribution in [0.5, 0.6) is 0 Å². The fraction of sp³-hybridized carbons (Fsp3) is 0.550. The number of hydrogen-bond acceptors (Lipinski definition) is 3. The molecule has 1 aromatic rings. The Balaban J connectivity index is 1.80. The Bertz CT molecular complexity index is 652. The first-order valence-electron chi connectivity index (χ1n) is 9.69. The molecule has 1 saturated heterocycles. The molecule has 2 rings (SSSR count). The molecule has 4 amide bonds. The summed E-state index contributed by atoms with van der Waals surface area (Å²) in [7, 11) is 0. The molecule has 0 aromatic heterocycles. The first-order chi connectivity index (χ1) is 13.0. The quantitative estimate of drug-likeness (QED) is 0.715. The first-order valence-corrected chi connectivity index (χ1v) is 9.69. The van der Waals surface area contributed by atoms with E-state index in [-0.39, 0.29) is 23.9 Å². The van der Waals surface area contributed by atoms with E-state index in [1.165, 1.54) is 12.8 Å². The second-order valence-corrected chi connectivity index (χ2v) is 7.13. The molecule has 1 fully saturated rings. The van der Waals surface area contributed by atoms with Gasteiger partial charge in [-0.1, -0.05) is 18.9 Å². The van der Waals surface area contributed by atoms with Gasteiger partial charge in [0.15, 0.2) is 0 Å². The summed E-state index contributed by atoms with van der Waals surface area (Å²) in [5.74, 6) is -0.162. The minimum Gasteiger partial charge on any atom is -0.352 e. The van der Waals surface area contributed by atoms with Crippen LogP contribution >= 0.6 is 0 Å². The highest BCUT2D eigenvalue weighted by atomic mass is 16.2. The van der Waals surface area contributed by atoms with Gasteiger partial charge in [-0.3, -0.25) is 9.59 Å². The van der Waals surface area contributed by atoms with Crippen LogP contribution in [0.25, 0.3) is 0 Å². The highest BCUT2D eigenvalue weighted by Gasteiger charge is 2.15. The van der Waals surface area contributed by atoms with Gasteiger partial charge in [0.1, 0.15) is 0 Å². The lowest BCUT2D eigenvalue weighted by molar-refractivity contribution is -0.131. The Labute approximate surface area is 160 Å². The molecule has 1 aromatic carbocycles. The van der Waals surface area contributed by atoms with Crippen LogP contribution in [0.3, 0.4) is 0 Å². The molecule has 27 heavy (non-hydrogen) atoms. The van der Waals surface area contributed by atoms with Crippen LogP contribution in [0.4, 0.5) is 10.5 Å². The molecular weight excluding hydrogens is 344 g/mol.